The Balaban J connectivity index is 1.28. The number of primary amides is 1. The number of H-pyrrole nitrogens is 1. The summed E-state index contributed by atoms with van der Waals surface area (Å²) in [5.74, 6) is -2.81. The molecule has 10 N–H and O–H groups in total. The minimum Gasteiger partial charge on any atom is -0.368 e. The molecular weight excluding hydrogens is 749 g/mol. The lowest BCUT2D eigenvalue weighted by Gasteiger charge is -2.28. The van der Waals surface area contributed by atoms with Crippen molar-refractivity contribution < 1.29 is 24.0 Å². The summed E-state index contributed by atoms with van der Waals surface area (Å²) >= 11 is 3.00. The van der Waals surface area contributed by atoms with Crippen molar-refractivity contribution in [3.8, 4) is 0 Å². The number of piperidine rings is 1. The SMILES string of the molecule is NCCCC[C@H](NC(=O)[C@H](Cc1cccs1)NC(=O)[C@@H](Cc1c[nH]c2ccccc12)NC(=O)[C@@H](Cc1csc2ccccc12)NC(=O)C1CCNCC1)C(N)=O. The normalized spacial score (nSPS) is 15.4. The van der Waals surface area contributed by atoms with Crippen molar-refractivity contribution in [2.45, 2.75) is 75.5 Å². The molecule has 1 aliphatic heterocycles. The minimum atomic E-state index is -1.14. The number of carbonyl (C=O) groups is 5. The van der Waals surface area contributed by atoms with E-state index in [-0.39, 0.29) is 31.1 Å². The molecule has 4 heterocycles. The van der Waals surface area contributed by atoms with Crippen molar-refractivity contribution >= 4 is 73.2 Å². The highest BCUT2D eigenvalue weighted by Gasteiger charge is 2.33. The van der Waals surface area contributed by atoms with E-state index in [9.17, 15) is 24.0 Å². The molecule has 1 fully saturated rings. The second kappa shape index (κ2) is 19.7. The average molecular weight is 799 g/mol. The molecule has 6 rings (SSSR count). The number of fused-ring (bicyclic) bond motifs is 2. The van der Waals surface area contributed by atoms with Crippen LogP contribution in [0.5, 0.6) is 0 Å². The Kier molecular flexibility index (Phi) is 14.2. The van der Waals surface area contributed by atoms with E-state index in [1.165, 1.54) is 11.3 Å². The minimum absolute atomic E-state index is 0.0915. The fraction of sp³-hybridized carbons (Fsp3) is 0.390. The standard InChI is InChI=1S/C41H50N8O5S2/c42-16-6-5-12-32(37(43)50)46-41(54)35(22-28-8-7-19-55-28)49-39(52)33(20-26-23-45-31-11-3-1-9-29(26)31)48-40(53)34(47-38(51)25-14-17-44-18-15-25)21-27-24-56-36-13-4-2-10-30(27)36/h1-4,7-11,13,19,23-25,32-35,44-45H,5-6,12,14-18,20-22,42H2,(H2,43,50)(H,46,54)(H,47,51)(H,48,53)(H,49,52)/t32-,33+,34+,35-/m0/s1. The monoisotopic (exact) mass is 798 g/mol. The van der Waals surface area contributed by atoms with Gasteiger partial charge in [0.25, 0.3) is 0 Å². The van der Waals surface area contributed by atoms with Crippen LogP contribution in [0, 0.1) is 5.92 Å². The van der Waals surface area contributed by atoms with Crippen molar-refractivity contribution in [3.63, 3.8) is 0 Å². The number of para-hydroxylation sites is 1. The van der Waals surface area contributed by atoms with Crippen LogP contribution in [0.15, 0.2) is 77.6 Å². The van der Waals surface area contributed by atoms with E-state index in [1.54, 1.807) is 17.5 Å². The van der Waals surface area contributed by atoms with Gasteiger partial charge in [0.1, 0.15) is 24.2 Å². The summed E-state index contributed by atoms with van der Waals surface area (Å²) in [7, 11) is 0. The zero-order chi connectivity index (χ0) is 39.4. The summed E-state index contributed by atoms with van der Waals surface area (Å²) in [5.41, 5.74) is 13.9. The van der Waals surface area contributed by atoms with Gasteiger partial charge in [-0.2, -0.15) is 0 Å². The van der Waals surface area contributed by atoms with Crippen LogP contribution >= 0.6 is 22.7 Å². The fourth-order valence-corrected chi connectivity index (χ4v) is 8.89. The fourth-order valence-electron chi connectivity index (χ4n) is 7.16. The molecule has 13 nitrogen and oxygen atoms in total. The number of benzene rings is 2. The molecule has 5 aromatic rings. The predicted octanol–water partition coefficient (Wildman–Crippen LogP) is 3.03. The molecule has 5 amide bonds. The highest BCUT2D eigenvalue weighted by molar-refractivity contribution is 7.17. The maximum absolute atomic E-state index is 14.5. The van der Waals surface area contributed by atoms with Gasteiger partial charge in [-0.1, -0.05) is 42.5 Å². The summed E-state index contributed by atoms with van der Waals surface area (Å²) in [6.07, 6.45) is 5.13. The number of unbranched alkanes of at least 4 members (excludes halogenated alkanes) is 1. The summed E-state index contributed by atoms with van der Waals surface area (Å²) < 4.78 is 1.07. The molecule has 0 radical (unpaired) electrons. The summed E-state index contributed by atoms with van der Waals surface area (Å²) in [5, 5.41) is 20.7. The second-order valence-corrected chi connectivity index (χ2v) is 16.2. The Morgan fingerprint density at radius 1 is 0.714 bits per heavy atom. The Morgan fingerprint density at radius 2 is 1.36 bits per heavy atom. The molecule has 0 saturated carbocycles. The van der Waals surface area contributed by atoms with E-state index < -0.39 is 47.8 Å². The third-order valence-electron chi connectivity index (χ3n) is 10.3. The summed E-state index contributed by atoms with van der Waals surface area (Å²) in [6, 6.07) is 15.1. The third-order valence-corrected chi connectivity index (χ3v) is 12.2. The summed E-state index contributed by atoms with van der Waals surface area (Å²) in [6.45, 7) is 1.86. The van der Waals surface area contributed by atoms with E-state index in [0.29, 0.717) is 51.7 Å². The van der Waals surface area contributed by atoms with Gasteiger partial charge in [0.15, 0.2) is 0 Å². The molecule has 2 aromatic carbocycles. The van der Waals surface area contributed by atoms with Gasteiger partial charge in [0, 0.05) is 51.9 Å². The van der Waals surface area contributed by atoms with Gasteiger partial charge >= 0.3 is 0 Å². The third kappa shape index (κ3) is 10.6. The van der Waals surface area contributed by atoms with E-state index in [2.05, 4.69) is 31.6 Å². The van der Waals surface area contributed by atoms with Crippen LogP contribution in [0.2, 0.25) is 0 Å². The van der Waals surface area contributed by atoms with Crippen molar-refractivity contribution in [1.29, 1.82) is 0 Å². The first-order valence-electron chi connectivity index (χ1n) is 19.1. The van der Waals surface area contributed by atoms with Crippen molar-refractivity contribution in [3.05, 3.63) is 93.6 Å². The van der Waals surface area contributed by atoms with E-state index in [0.717, 1.165) is 37.0 Å². The van der Waals surface area contributed by atoms with Gasteiger partial charge in [-0.25, -0.2) is 0 Å². The number of rotatable bonds is 19. The second-order valence-electron chi connectivity index (χ2n) is 14.3. The first kappa shape index (κ1) is 40.6. The van der Waals surface area contributed by atoms with Crippen molar-refractivity contribution in [2.24, 2.45) is 17.4 Å². The lowest BCUT2D eigenvalue weighted by Crippen LogP contribution is -2.59. The van der Waals surface area contributed by atoms with Crippen LogP contribution in [0.25, 0.3) is 21.0 Å². The Hall–Kier alpha value is -5.09. The molecular formula is C41H50N8O5S2. The van der Waals surface area contributed by atoms with E-state index >= 15 is 0 Å². The predicted molar refractivity (Wildman–Crippen MR) is 221 cm³/mol. The average Bonchev–Trinajstić information content (AvgIpc) is 3.98. The Morgan fingerprint density at radius 3 is 2.05 bits per heavy atom. The van der Waals surface area contributed by atoms with Gasteiger partial charge in [-0.15, -0.1) is 22.7 Å². The van der Waals surface area contributed by atoms with Crippen LogP contribution in [-0.2, 0) is 43.2 Å². The molecule has 15 heteroatoms. The molecule has 1 saturated heterocycles. The lowest BCUT2D eigenvalue weighted by atomic mass is 9.96. The first-order chi connectivity index (χ1) is 27.2. The highest BCUT2D eigenvalue weighted by atomic mass is 32.1. The number of nitrogens with two attached hydrogens (primary N) is 2. The molecule has 4 atom stereocenters. The first-order valence-corrected chi connectivity index (χ1v) is 20.9. The lowest BCUT2D eigenvalue weighted by molar-refractivity contribution is -0.135. The number of hydrogen-bond donors (Lipinski definition) is 8. The molecule has 0 aliphatic carbocycles. The smallest absolute Gasteiger partial charge is 0.243 e. The quantitative estimate of drug-likeness (QED) is 0.0585. The molecule has 296 valence electrons. The zero-order valence-corrected chi connectivity index (χ0v) is 32.8. The van der Waals surface area contributed by atoms with Gasteiger partial charge in [-0.05, 0) is 97.2 Å². The molecule has 3 aromatic heterocycles. The van der Waals surface area contributed by atoms with Crippen LogP contribution in [0.1, 0.15) is 48.1 Å². The Labute approximate surface area is 333 Å². The Bertz CT molecular complexity index is 2110. The van der Waals surface area contributed by atoms with Crippen molar-refractivity contribution in [1.82, 2.24) is 31.6 Å². The molecule has 56 heavy (non-hydrogen) atoms. The van der Waals surface area contributed by atoms with Gasteiger partial charge in [0.05, 0.1) is 0 Å². The number of nitrogens with one attached hydrogen (secondary N) is 6. The number of amides is 5. The van der Waals surface area contributed by atoms with Crippen LogP contribution in [-0.4, -0.2) is 78.3 Å². The molecule has 0 unspecified atom stereocenters. The maximum atomic E-state index is 14.5. The van der Waals surface area contributed by atoms with Gasteiger partial charge in [-0.3, -0.25) is 24.0 Å². The van der Waals surface area contributed by atoms with Crippen LogP contribution < -0.4 is 38.1 Å². The van der Waals surface area contributed by atoms with Crippen LogP contribution in [0.3, 0.4) is 0 Å². The largest absolute Gasteiger partial charge is 0.368 e. The highest BCUT2D eigenvalue weighted by Crippen LogP contribution is 2.27. The maximum Gasteiger partial charge on any atom is 0.243 e. The van der Waals surface area contributed by atoms with Gasteiger partial charge < -0.3 is 43.0 Å². The molecule has 0 spiro atoms. The number of aromatic nitrogens is 1. The number of aromatic amines is 1. The van der Waals surface area contributed by atoms with E-state index in [4.69, 9.17) is 11.5 Å². The number of hydrogen-bond acceptors (Lipinski definition) is 9. The van der Waals surface area contributed by atoms with E-state index in [1.807, 2.05) is 71.4 Å². The molecule has 0 bridgehead atoms. The number of thiophene rings is 2. The molecule has 1 aliphatic rings. The number of carbonyl (C=O) groups excluding carboxylic acids is 5. The summed E-state index contributed by atoms with van der Waals surface area (Å²) in [4.78, 5) is 72.9. The van der Waals surface area contributed by atoms with Crippen LogP contribution in [0.4, 0.5) is 0 Å². The topological polar surface area (TPSA) is 213 Å². The zero-order valence-electron chi connectivity index (χ0n) is 31.2. The van der Waals surface area contributed by atoms with Gasteiger partial charge in [0.2, 0.25) is 29.5 Å². The van der Waals surface area contributed by atoms with Crippen molar-refractivity contribution in [2.75, 3.05) is 19.6 Å².